The Morgan fingerprint density at radius 2 is 1.52 bits per heavy atom. The average Bonchev–Trinajstić information content (AvgIpc) is 3.55. The lowest BCUT2D eigenvalue weighted by atomic mass is 9.84. The van der Waals surface area contributed by atoms with Gasteiger partial charge in [-0.15, -0.1) is 0 Å². The summed E-state index contributed by atoms with van der Waals surface area (Å²) >= 11 is 0. The highest BCUT2D eigenvalue weighted by Gasteiger charge is 2.53. The molecule has 2 aliphatic rings. The van der Waals surface area contributed by atoms with Gasteiger partial charge in [-0.05, 0) is 78.3 Å². The molecule has 3 atom stereocenters. The van der Waals surface area contributed by atoms with Crippen molar-refractivity contribution in [3.05, 3.63) is 95.6 Å². The Kier molecular flexibility index (Phi) is 8.45. The van der Waals surface area contributed by atoms with Crippen molar-refractivity contribution in [3.8, 4) is 22.6 Å². The molecule has 8 heteroatoms. The Bertz CT molecular complexity index is 1480. The number of benzene rings is 3. The maximum atomic E-state index is 13.4. The van der Waals surface area contributed by atoms with Gasteiger partial charge in [-0.2, -0.15) is 0 Å². The molecule has 0 amide bonds. The molecule has 3 aromatic rings. The molecule has 2 N–H and O–H groups in total. The summed E-state index contributed by atoms with van der Waals surface area (Å²) in [4.78, 5) is 38.6. The van der Waals surface area contributed by atoms with Crippen molar-refractivity contribution >= 4 is 17.7 Å². The van der Waals surface area contributed by atoms with E-state index in [-0.39, 0.29) is 23.7 Å². The minimum absolute atomic E-state index is 0.114. The zero-order valence-corrected chi connectivity index (χ0v) is 23.6. The van der Waals surface area contributed by atoms with Gasteiger partial charge in [-0.3, -0.25) is 9.59 Å². The molecular formula is C34H34O8. The van der Waals surface area contributed by atoms with Crippen LogP contribution in [0.25, 0.3) is 11.1 Å². The largest absolute Gasteiger partial charge is 0.493 e. The van der Waals surface area contributed by atoms with Crippen LogP contribution < -0.4 is 9.47 Å². The highest BCUT2D eigenvalue weighted by molar-refractivity contribution is 5.93. The van der Waals surface area contributed by atoms with Crippen molar-refractivity contribution in [2.75, 3.05) is 14.2 Å². The van der Waals surface area contributed by atoms with Crippen LogP contribution in [0, 0.1) is 11.8 Å². The number of carboxylic acid groups (broad SMARTS) is 1. The normalized spacial score (nSPS) is 21.7. The molecule has 3 aromatic carbocycles. The quantitative estimate of drug-likeness (QED) is 0.257. The average molecular weight is 571 g/mol. The Morgan fingerprint density at radius 3 is 2.14 bits per heavy atom. The fourth-order valence-corrected chi connectivity index (χ4v) is 6.18. The van der Waals surface area contributed by atoms with Crippen molar-refractivity contribution in [1.82, 2.24) is 0 Å². The van der Waals surface area contributed by atoms with E-state index in [2.05, 4.69) is 0 Å². The van der Waals surface area contributed by atoms with Gasteiger partial charge < -0.3 is 24.4 Å². The predicted octanol–water partition coefficient (Wildman–Crippen LogP) is 5.05. The standard InChI is InChI=1S/C34H34O8/c1-40-29-18-24-16-26(17-25(24)19-30(29)41-2)28(35)13-11-27-12-14-31(36)34(27,20-32(37)38)42-33(39)23-10-6-9-22(15-23)21-7-4-3-5-8-21/h3-11,13,15,18-19,26-27,31,36H,12,14,16-17,20H2,1-2H3,(H,37,38). The number of esters is 1. The molecule has 1 fully saturated rings. The Hall–Kier alpha value is -4.43. The van der Waals surface area contributed by atoms with E-state index in [1.54, 1.807) is 38.5 Å². The van der Waals surface area contributed by atoms with E-state index in [4.69, 9.17) is 14.2 Å². The van der Waals surface area contributed by atoms with Gasteiger partial charge in [0.25, 0.3) is 0 Å². The number of methoxy groups -OCH3 is 2. The first-order valence-electron chi connectivity index (χ1n) is 14.0. The van der Waals surface area contributed by atoms with E-state index in [0.29, 0.717) is 30.8 Å². The van der Waals surface area contributed by atoms with Gasteiger partial charge in [0, 0.05) is 11.8 Å². The minimum Gasteiger partial charge on any atom is -0.493 e. The van der Waals surface area contributed by atoms with E-state index in [0.717, 1.165) is 22.3 Å². The van der Waals surface area contributed by atoms with E-state index >= 15 is 0 Å². The molecule has 0 radical (unpaired) electrons. The van der Waals surface area contributed by atoms with Crippen LogP contribution in [0.1, 0.15) is 40.7 Å². The minimum atomic E-state index is -1.71. The van der Waals surface area contributed by atoms with Gasteiger partial charge in [0.15, 0.2) is 22.9 Å². The summed E-state index contributed by atoms with van der Waals surface area (Å²) in [6, 6.07) is 20.2. The van der Waals surface area contributed by atoms with Gasteiger partial charge in [0.1, 0.15) is 0 Å². The number of hydrogen-bond acceptors (Lipinski definition) is 7. The van der Waals surface area contributed by atoms with Crippen molar-refractivity contribution in [1.29, 1.82) is 0 Å². The van der Waals surface area contributed by atoms with Crippen LogP contribution in [0.15, 0.2) is 78.9 Å². The summed E-state index contributed by atoms with van der Waals surface area (Å²) in [5.74, 6) is -1.79. The van der Waals surface area contributed by atoms with Crippen molar-refractivity contribution < 1.29 is 38.8 Å². The first kappa shape index (κ1) is 29.1. The summed E-state index contributed by atoms with van der Waals surface area (Å²) in [5.41, 5.74) is 2.29. The number of carboxylic acids is 1. The third-order valence-electron chi connectivity index (χ3n) is 8.39. The number of aliphatic hydroxyl groups is 1. The smallest absolute Gasteiger partial charge is 0.338 e. The molecule has 0 saturated heterocycles. The number of carbonyl (C=O) groups excluding carboxylic acids is 2. The number of ketones is 1. The summed E-state index contributed by atoms with van der Waals surface area (Å²) in [6.45, 7) is 0. The van der Waals surface area contributed by atoms with Gasteiger partial charge >= 0.3 is 11.9 Å². The first-order valence-corrected chi connectivity index (χ1v) is 14.0. The van der Waals surface area contributed by atoms with Crippen LogP contribution in [0.5, 0.6) is 11.5 Å². The van der Waals surface area contributed by atoms with Crippen molar-refractivity contribution in [3.63, 3.8) is 0 Å². The molecule has 218 valence electrons. The van der Waals surface area contributed by atoms with Gasteiger partial charge in [0.05, 0.1) is 32.3 Å². The van der Waals surface area contributed by atoms with Crippen LogP contribution in [-0.2, 0) is 27.2 Å². The molecule has 0 heterocycles. The molecule has 1 saturated carbocycles. The monoisotopic (exact) mass is 570 g/mol. The lowest BCUT2D eigenvalue weighted by Crippen LogP contribution is -2.48. The molecule has 0 spiro atoms. The van der Waals surface area contributed by atoms with Crippen LogP contribution in [0.3, 0.4) is 0 Å². The lowest BCUT2D eigenvalue weighted by Gasteiger charge is -2.35. The van der Waals surface area contributed by atoms with Crippen LogP contribution in [-0.4, -0.2) is 53.9 Å². The van der Waals surface area contributed by atoms with Gasteiger partial charge in [-0.25, -0.2) is 4.79 Å². The topological polar surface area (TPSA) is 119 Å². The fourth-order valence-electron chi connectivity index (χ4n) is 6.18. The second-order valence-corrected chi connectivity index (χ2v) is 10.9. The molecule has 0 aromatic heterocycles. The third-order valence-corrected chi connectivity index (χ3v) is 8.39. The molecule has 5 rings (SSSR count). The third kappa shape index (κ3) is 5.81. The number of aliphatic hydroxyl groups excluding tert-OH is 1. The highest BCUT2D eigenvalue weighted by atomic mass is 16.6. The molecule has 3 unspecified atom stereocenters. The van der Waals surface area contributed by atoms with Crippen LogP contribution in [0.2, 0.25) is 0 Å². The van der Waals surface area contributed by atoms with E-state index in [1.807, 2.05) is 48.5 Å². The van der Waals surface area contributed by atoms with Crippen LogP contribution >= 0.6 is 0 Å². The molecule has 0 bridgehead atoms. The predicted molar refractivity (Wildman–Crippen MR) is 156 cm³/mol. The maximum Gasteiger partial charge on any atom is 0.338 e. The first-order chi connectivity index (χ1) is 20.2. The van der Waals surface area contributed by atoms with E-state index in [9.17, 15) is 24.6 Å². The highest BCUT2D eigenvalue weighted by Crippen LogP contribution is 2.44. The Labute approximate surface area is 244 Å². The van der Waals surface area contributed by atoms with Crippen LogP contribution in [0.4, 0.5) is 0 Å². The Balaban J connectivity index is 1.35. The fraction of sp³-hybridized carbons (Fsp3) is 0.324. The van der Waals surface area contributed by atoms with Crippen molar-refractivity contribution in [2.24, 2.45) is 11.8 Å². The summed E-state index contributed by atoms with van der Waals surface area (Å²) < 4.78 is 16.7. The van der Waals surface area contributed by atoms with E-state index in [1.165, 1.54) is 6.08 Å². The zero-order valence-electron chi connectivity index (χ0n) is 23.6. The molecule has 8 nitrogen and oxygen atoms in total. The molecule has 42 heavy (non-hydrogen) atoms. The maximum absolute atomic E-state index is 13.4. The van der Waals surface area contributed by atoms with E-state index < -0.39 is 36.0 Å². The number of allylic oxidation sites excluding steroid dienone is 1. The molecular weight excluding hydrogens is 536 g/mol. The summed E-state index contributed by atoms with van der Waals surface area (Å²) in [5, 5.41) is 20.8. The second kappa shape index (κ2) is 12.2. The summed E-state index contributed by atoms with van der Waals surface area (Å²) in [7, 11) is 3.13. The van der Waals surface area contributed by atoms with Gasteiger partial charge in [-0.1, -0.05) is 48.5 Å². The molecule has 2 aliphatic carbocycles. The Morgan fingerprint density at radius 1 is 0.881 bits per heavy atom. The number of aliphatic carboxylic acids is 1. The second-order valence-electron chi connectivity index (χ2n) is 10.9. The summed E-state index contributed by atoms with van der Waals surface area (Å²) in [6.07, 6.45) is 2.97. The lowest BCUT2D eigenvalue weighted by molar-refractivity contribution is -0.150. The number of ether oxygens (including phenoxy) is 3. The number of hydrogen-bond donors (Lipinski definition) is 2. The number of carbonyl (C=O) groups is 3. The van der Waals surface area contributed by atoms with Gasteiger partial charge in [0.2, 0.25) is 0 Å². The SMILES string of the molecule is COc1cc2c(cc1OC)CC(C(=O)C=CC1CCC(O)C1(CC(=O)O)OC(=O)c1cccc(-c3ccccc3)c1)C2. The number of fused-ring (bicyclic) bond motifs is 1. The molecule has 0 aliphatic heterocycles. The van der Waals surface area contributed by atoms with Crippen molar-refractivity contribution in [2.45, 2.75) is 43.8 Å². The number of rotatable bonds is 10. The zero-order chi connectivity index (χ0) is 29.9.